The third-order valence-electron chi connectivity index (χ3n) is 4.20. The molecule has 0 spiro atoms. The van der Waals surface area contributed by atoms with Crippen LogP contribution in [0, 0.1) is 11.2 Å². The third kappa shape index (κ3) is 2.04. The summed E-state index contributed by atoms with van der Waals surface area (Å²) in [5.74, 6) is -0.126. The number of hydrogen-bond donors (Lipinski definition) is 1. The molecule has 2 nitrogen and oxygen atoms in total. The molecule has 3 rings (SSSR count). The molecule has 1 aromatic carbocycles. The van der Waals surface area contributed by atoms with Gasteiger partial charge in [-0.05, 0) is 55.3 Å². The van der Waals surface area contributed by atoms with Crippen molar-refractivity contribution in [2.45, 2.75) is 25.7 Å². The molecule has 92 valence electrons. The van der Waals surface area contributed by atoms with Crippen molar-refractivity contribution in [3.63, 3.8) is 0 Å². The Morgan fingerprint density at radius 2 is 2.18 bits per heavy atom. The van der Waals surface area contributed by atoms with Crippen LogP contribution in [-0.2, 0) is 6.42 Å². The molecular formula is C14H19FN2. The number of nitrogens with zero attached hydrogens (tertiary/aromatic N) is 1. The van der Waals surface area contributed by atoms with Gasteiger partial charge in [0.2, 0.25) is 0 Å². The highest BCUT2D eigenvalue weighted by Crippen LogP contribution is 2.50. The van der Waals surface area contributed by atoms with Crippen molar-refractivity contribution in [3.8, 4) is 0 Å². The van der Waals surface area contributed by atoms with Gasteiger partial charge >= 0.3 is 0 Å². The molecule has 2 N–H and O–H groups in total. The van der Waals surface area contributed by atoms with Gasteiger partial charge in [-0.2, -0.15) is 0 Å². The van der Waals surface area contributed by atoms with Gasteiger partial charge in [-0.25, -0.2) is 4.39 Å². The Hall–Kier alpha value is -1.09. The summed E-state index contributed by atoms with van der Waals surface area (Å²) in [4.78, 5) is 2.35. The predicted octanol–water partition coefficient (Wildman–Crippen LogP) is 2.32. The second kappa shape index (κ2) is 3.98. The quantitative estimate of drug-likeness (QED) is 0.866. The van der Waals surface area contributed by atoms with E-state index in [1.54, 1.807) is 12.1 Å². The van der Waals surface area contributed by atoms with Crippen molar-refractivity contribution < 1.29 is 4.39 Å². The molecule has 1 aliphatic carbocycles. The van der Waals surface area contributed by atoms with Gasteiger partial charge in [0.15, 0.2) is 0 Å². The van der Waals surface area contributed by atoms with Crippen LogP contribution >= 0.6 is 0 Å². The molecule has 1 heterocycles. The highest BCUT2D eigenvalue weighted by molar-refractivity contribution is 5.58. The Morgan fingerprint density at radius 1 is 1.35 bits per heavy atom. The topological polar surface area (TPSA) is 29.3 Å². The lowest BCUT2D eigenvalue weighted by Gasteiger charge is -2.25. The predicted molar refractivity (Wildman–Crippen MR) is 67.7 cm³/mol. The van der Waals surface area contributed by atoms with E-state index in [1.807, 2.05) is 6.07 Å². The second-order valence-electron chi connectivity index (χ2n) is 5.48. The minimum atomic E-state index is -0.126. The van der Waals surface area contributed by atoms with Crippen LogP contribution in [0.4, 0.5) is 10.1 Å². The minimum absolute atomic E-state index is 0.126. The monoisotopic (exact) mass is 234 g/mol. The van der Waals surface area contributed by atoms with Crippen LogP contribution in [-0.4, -0.2) is 19.6 Å². The standard InChI is InChI=1S/C14H19FN2/c15-12-2-1-11-3-8-17(13(11)9-12)10-14(4-5-14)6-7-16/h1-2,9H,3-8,10,16H2. The van der Waals surface area contributed by atoms with E-state index < -0.39 is 0 Å². The lowest BCUT2D eigenvalue weighted by molar-refractivity contribution is 0.469. The number of nitrogens with two attached hydrogens (primary N) is 1. The van der Waals surface area contributed by atoms with E-state index >= 15 is 0 Å². The van der Waals surface area contributed by atoms with Gasteiger partial charge in [0.25, 0.3) is 0 Å². The molecule has 3 heteroatoms. The maximum absolute atomic E-state index is 13.3. The zero-order valence-corrected chi connectivity index (χ0v) is 10.1. The highest BCUT2D eigenvalue weighted by atomic mass is 19.1. The van der Waals surface area contributed by atoms with Gasteiger partial charge in [0, 0.05) is 18.8 Å². The Bertz CT molecular complexity index is 426. The minimum Gasteiger partial charge on any atom is -0.370 e. The van der Waals surface area contributed by atoms with E-state index in [0.717, 1.165) is 38.2 Å². The summed E-state index contributed by atoms with van der Waals surface area (Å²) < 4.78 is 13.3. The van der Waals surface area contributed by atoms with E-state index in [1.165, 1.54) is 18.4 Å². The maximum atomic E-state index is 13.3. The third-order valence-corrected chi connectivity index (χ3v) is 4.20. The normalized spacial score (nSPS) is 20.5. The second-order valence-corrected chi connectivity index (χ2v) is 5.48. The first-order valence-corrected chi connectivity index (χ1v) is 6.46. The summed E-state index contributed by atoms with van der Waals surface area (Å²) in [6.45, 7) is 2.86. The molecule has 0 aromatic heterocycles. The molecule has 0 radical (unpaired) electrons. The molecule has 0 unspecified atom stereocenters. The van der Waals surface area contributed by atoms with Crippen LogP contribution in [0.2, 0.25) is 0 Å². The van der Waals surface area contributed by atoms with E-state index in [4.69, 9.17) is 5.73 Å². The fourth-order valence-corrected chi connectivity index (χ4v) is 2.96. The van der Waals surface area contributed by atoms with Crippen molar-refractivity contribution in [1.29, 1.82) is 0 Å². The Labute approximate surface area is 102 Å². The van der Waals surface area contributed by atoms with E-state index in [2.05, 4.69) is 4.90 Å². The number of hydrogen-bond acceptors (Lipinski definition) is 2. The molecule has 1 aromatic rings. The zero-order valence-electron chi connectivity index (χ0n) is 10.1. The first kappa shape index (κ1) is 11.0. The fraction of sp³-hybridized carbons (Fsp3) is 0.571. The number of anilines is 1. The Balaban J connectivity index is 1.77. The Morgan fingerprint density at radius 3 is 2.88 bits per heavy atom. The average Bonchev–Trinajstić information content (AvgIpc) is 2.95. The summed E-state index contributed by atoms with van der Waals surface area (Å²) in [6.07, 6.45) is 4.72. The van der Waals surface area contributed by atoms with Gasteiger partial charge in [0.05, 0.1) is 0 Å². The number of fused-ring (bicyclic) bond motifs is 1. The van der Waals surface area contributed by atoms with Crippen molar-refractivity contribution in [3.05, 3.63) is 29.6 Å². The van der Waals surface area contributed by atoms with Crippen molar-refractivity contribution in [2.75, 3.05) is 24.5 Å². The molecule has 0 bridgehead atoms. The van der Waals surface area contributed by atoms with Crippen LogP contribution in [0.25, 0.3) is 0 Å². The molecule has 0 saturated heterocycles. The average molecular weight is 234 g/mol. The van der Waals surface area contributed by atoms with Gasteiger partial charge in [-0.1, -0.05) is 6.07 Å². The van der Waals surface area contributed by atoms with Crippen LogP contribution in [0.15, 0.2) is 18.2 Å². The number of benzene rings is 1. The number of rotatable bonds is 4. The molecular weight excluding hydrogens is 215 g/mol. The smallest absolute Gasteiger partial charge is 0.125 e. The van der Waals surface area contributed by atoms with Crippen LogP contribution < -0.4 is 10.6 Å². The Kier molecular flexibility index (Phi) is 2.58. The molecule has 1 fully saturated rings. The van der Waals surface area contributed by atoms with Gasteiger partial charge < -0.3 is 10.6 Å². The van der Waals surface area contributed by atoms with E-state index in [9.17, 15) is 4.39 Å². The summed E-state index contributed by atoms with van der Waals surface area (Å²) in [6, 6.07) is 5.17. The van der Waals surface area contributed by atoms with Crippen LogP contribution in [0.5, 0.6) is 0 Å². The first-order chi connectivity index (χ1) is 8.22. The fourth-order valence-electron chi connectivity index (χ4n) is 2.96. The van der Waals surface area contributed by atoms with Crippen molar-refractivity contribution >= 4 is 5.69 Å². The summed E-state index contributed by atoms with van der Waals surface area (Å²) >= 11 is 0. The summed E-state index contributed by atoms with van der Waals surface area (Å²) in [5, 5.41) is 0. The largest absolute Gasteiger partial charge is 0.370 e. The summed E-state index contributed by atoms with van der Waals surface area (Å²) in [5.41, 5.74) is 8.49. The zero-order chi connectivity index (χ0) is 11.9. The molecule has 2 aliphatic rings. The molecule has 1 aliphatic heterocycles. The van der Waals surface area contributed by atoms with Gasteiger partial charge in [0.1, 0.15) is 5.82 Å². The summed E-state index contributed by atoms with van der Waals surface area (Å²) in [7, 11) is 0. The lowest BCUT2D eigenvalue weighted by atomic mass is 10.0. The molecule has 0 atom stereocenters. The van der Waals surface area contributed by atoms with Crippen molar-refractivity contribution in [2.24, 2.45) is 11.1 Å². The van der Waals surface area contributed by atoms with Gasteiger partial charge in [-0.3, -0.25) is 0 Å². The van der Waals surface area contributed by atoms with Crippen molar-refractivity contribution in [1.82, 2.24) is 0 Å². The van der Waals surface area contributed by atoms with Gasteiger partial charge in [-0.15, -0.1) is 0 Å². The maximum Gasteiger partial charge on any atom is 0.125 e. The number of halogens is 1. The molecule has 17 heavy (non-hydrogen) atoms. The van der Waals surface area contributed by atoms with Crippen LogP contribution in [0.3, 0.4) is 0 Å². The molecule has 0 amide bonds. The highest BCUT2D eigenvalue weighted by Gasteiger charge is 2.43. The van der Waals surface area contributed by atoms with E-state index in [-0.39, 0.29) is 5.82 Å². The first-order valence-electron chi connectivity index (χ1n) is 6.46. The SMILES string of the molecule is NCCC1(CN2CCc3ccc(F)cc32)CC1. The molecule has 1 saturated carbocycles. The van der Waals surface area contributed by atoms with E-state index in [0.29, 0.717) is 5.41 Å². The lowest BCUT2D eigenvalue weighted by Crippen LogP contribution is -2.30. The van der Waals surface area contributed by atoms with Crippen LogP contribution in [0.1, 0.15) is 24.8 Å².